The summed E-state index contributed by atoms with van der Waals surface area (Å²) in [6, 6.07) is 9.12. The Hall–Kier alpha value is -1.18. The van der Waals surface area contributed by atoms with E-state index in [1.54, 1.807) is 6.07 Å². The van der Waals surface area contributed by atoms with E-state index in [2.05, 4.69) is 4.90 Å². The normalized spacial score (nSPS) is 29.9. The Balaban J connectivity index is 1.87. The second kappa shape index (κ2) is 2.91. The molecule has 3 rings (SSSR count). The molecule has 1 aliphatic carbocycles. The fraction of sp³-hybridized carbons (Fsp3) is 0.500. The van der Waals surface area contributed by atoms with E-state index < -0.39 is 0 Å². The molecule has 2 heteroatoms. The predicted octanol–water partition coefficient (Wildman–Crippen LogP) is 2.52. The van der Waals surface area contributed by atoms with Crippen molar-refractivity contribution in [2.75, 3.05) is 4.90 Å². The van der Waals surface area contributed by atoms with Crippen LogP contribution in [-0.2, 0) is 0 Å². The van der Waals surface area contributed by atoms with E-state index in [-0.39, 0.29) is 0 Å². The van der Waals surface area contributed by atoms with E-state index in [1.807, 2.05) is 18.2 Å². The van der Waals surface area contributed by atoms with E-state index >= 15 is 0 Å². The van der Waals surface area contributed by atoms with Crippen molar-refractivity contribution in [3.63, 3.8) is 0 Å². The largest absolute Gasteiger partial charge is 0.506 e. The minimum atomic E-state index is 0.432. The third-order valence-corrected chi connectivity index (χ3v) is 3.48. The molecule has 1 N–H and O–H groups in total. The number of phenolic OH excluding ortho intramolecular Hbond substituents is 1. The Labute approximate surface area is 84.2 Å². The molecule has 1 aliphatic heterocycles. The fourth-order valence-electron chi connectivity index (χ4n) is 2.74. The van der Waals surface area contributed by atoms with Crippen LogP contribution in [0.2, 0.25) is 0 Å². The molecule has 0 aromatic heterocycles. The zero-order valence-corrected chi connectivity index (χ0v) is 8.19. The molecule has 2 fully saturated rings. The molecule has 74 valence electrons. The summed E-state index contributed by atoms with van der Waals surface area (Å²) in [5.74, 6) is 0.432. The number of benzene rings is 1. The lowest BCUT2D eigenvalue weighted by Crippen LogP contribution is -2.00. The van der Waals surface area contributed by atoms with Gasteiger partial charge in [-0.05, 0) is 25.0 Å². The van der Waals surface area contributed by atoms with Crippen molar-refractivity contribution in [2.45, 2.75) is 37.8 Å². The molecule has 0 bridgehead atoms. The van der Waals surface area contributed by atoms with Crippen LogP contribution in [0, 0.1) is 0 Å². The summed E-state index contributed by atoms with van der Waals surface area (Å²) in [5.41, 5.74) is 1.03. The summed E-state index contributed by atoms with van der Waals surface area (Å²) in [6.07, 6.45) is 5.31. The van der Waals surface area contributed by atoms with Gasteiger partial charge in [0, 0.05) is 12.1 Å². The maximum atomic E-state index is 9.73. The first-order valence-corrected chi connectivity index (χ1v) is 5.44. The Kier molecular flexibility index (Phi) is 1.69. The average Bonchev–Trinajstić information content (AvgIpc) is 2.93. The van der Waals surface area contributed by atoms with Crippen LogP contribution in [0.5, 0.6) is 5.75 Å². The van der Waals surface area contributed by atoms with Crippen molar-refractivity contribution >= 4 is 5.69 Å². The predicted molar refractivity (Wildman–Crippen MR) is 56.6 cm³/mol. The molecule has 2 aliphatic rings. The highest BCUT2D eigenvalue weighted by atomic mass is 16.3. The molecule has 1 aromatic rings. The molecule has 1 saturated carbocycles. The molecule has 0 radical (unpaired) electrons. The van der Waals surface area contributed by atoms with E-state index in [4.69, 9.17) is 0 Å². The number of aromatic hydroxyl groups is 1. The van der Waals surface area contributed by atoms with Crippen molar-refractivity contribution in [1.29, 1.82) is 0 Å². The molecule has 2 atom stereocenters. The minimum Gasteiger partial charge on any atom is -0.506 e. The molecule has 1 aromatic carbocycles. The van der Waals surface area contributed by atoms with Gasteiger partial charge in [0.2, 0.25) is 0 Å². The molecule has 1 heterocycles. The number of fused-ring (bicyclic) bond motifs is 1. The summed E-state index contributed by atoms with van der Waals surface area (Å²) in [6.45, 7) is 0. The number of rotatable bonds is 1. The molecule has 0 amide bonds. The maximum Gasteiger partial charge on any atom is 0.138 e. The summed E-state index contributed by atoms with van der Waals surface area (Å²) >= 11 is 0. The van der Waals surface area contributed by atoms with Crippen LogP contribution in [-0.4, -0.2) is 17.2 Å². The lowest BCUT2D eigenvalue weighted by Gasteiger charge is -2.06. The van der Waals surface area contributed by atoms with Crippen LogP contribution in [0.15, 0.2) is 24.3 Å². The Morgan fingerprint density at radius 2 is 1.71 bits per heavy atom. The van der Waals surface area contributed by atoms with Gasteiger partial charge in [-0.3, -0.25) is 0 Å². The lowest BCUT2D eigenvalue weighted by atomic mass is 10.0. The van der Waals surface area contributed by atoms with Crippen LogP contribution in [0.4, 0.5) is 5.69 Å². The van der Waals surface area contributed by atoms with E-state index in [1.165, 1.54) is 25.7 Å². The molecular formula is C12H15NO. The fourth-order valence-corrected chi connectivity index (χ4v) is 2.74. The Bertz CT molecular complexity index is 338. The summed E-state index contributed by atoms with van der Waals surface area (Å²) in [4.78, 5) is 2.38. The van der Waals surface area contributed by atoms with Crippen LogP contribution in [0.3, 0.4) is 0 Å². The smallest absolute Gasteiger partial charge is 0.138 e. The zero-order chi connectivity index (χ0) is 9.54. The third-order valence-electron chi connectivity index (χ3n) is 3.48. The monoisotopic (exact) mass is 189 g/mol. The van der Waals surface area contributed by atoms with Crippen LogP contribution >= 0.6 is 0 Å². The second-order valence-corrected chi connectivity index (χ2v) is 4.32. The highest BCUT2D eigenvalue weighted by molar-refractivity contribution is 5.64. The van der Waals surface area contributed by atoms with Crippen molar-refractivity contribution in [3.8, 4) is 5.75 Å². The standard InChI is InChI=1S/C12H15NO/c14-12-8-4-3-7-11(12)13-9-5-1-2-6-10(9)13/h3-4,7-10,14H,1-2,5-6H2. The number of hydrogen-bond donors (Lipinski definition) is 1. The number of para-hydroxylation sites is 2. The molecule has 0 spiro atoms. The maximum absolute atomic E-state index is 9.73. The SMILES string of the molecule is Oc1ccccc1N1C2CCCCC21. The first kappa shape index (κ1) is 8.16. The van der Waals surface area contributed by atoms with Gasteiger partial charge >= 0.3 is 0 Å². The van der Waals surface area contributed by atoms with E-state index in [0.29, 0.717) is 5.75 Å². The van der Waals surface area contributed by atoms with Crippen LogP contribution < -0.4 is 4.90 Å². The van der Waals surface area contributed by atoms with Gasteiger partial charge in [0.1, 0.15) is 5.75 Å². The van der Waals surface area contributed by atoms with Gasteiger partial charge in [-0.15, -0.1) is 0 Å². The Morgan fingerprint density at radius 1 is 1.07 bits per heavy atom. The highest BCUT2D eigenvalue weighted by Crippen LogP contribution is 2.46. The van der Waals surface area contributed by atoms with Gasteiger partial charge in [0.15, 0.2) is 0 Å². The minimum absolute atomic E-state index is 0.432. The van der Waals surface area contributed by atoms with E-state index in [9.17, 15) is 5.11 Å². The summed E-state index contributed by atoms with van der Waals surface area (Å²) in [7, 11) is 0. The van der Waals surface area contributed by atoms with Crippen LogP contribution in [0.25, 0.3) is 0 Å². The summed E-state index contributed by atoms with van der Waals surface area (Å²) < 4.78 is 0. The first-order valence-electron chi connectivity index (χ1n) is 5.44. The van der Waals surface area contributed by atoms with Crippen molar-refractivity contribution < 1.29 is 5.11 Å². The molecule has 14 heavy (non-hydrogen) atoms. The number of hydrogen-bond acceptors (Lipinski definition) is 2. The van der Waals surface area contributed by atoms with Gasteiger partial charge in [-0.2, -0.15) is 0 Å². The third kappa shape index (κ3) is 1.10. The highest BCUT2D eigenvalue weighted by Gasteiger charge is 2.48. The molecular weight excluding hydrogens is 174 g/mol. The van der Waals surface area contributed by atoms with Gasteiger partial charge < -0.3 is 10.0 Å². The number of phenols is 1. The quantitative estimate of drug-likeness (QED) is 0.686. The molecule has 2 nitrogen and oxygen atoms in total. The van der Waals surface area contributed by atoms with Crippen molar-refractivity contribution in [2.24, 2.45) is 0 Å². The molecule has 2 unspecified atom stereocenters. The second-order valence-electron chi connectivity index (χ2n) is 4.32. The Morgan fingerprint density at radius 3 is 2.36 bits per heavy atom. The first-order chi connectivity index (χ1) is 6.88. The van der Waals surface area contributed by atoms with Crippen molar-refractivity contribution in [1.82, 2.24) is 0 Å². The van der Waals surface area contributed by atoms with Crippen molar-refractivity contribution in [3.05, 3.63) is 24.3 Å². The van der Waals surface area contributed by atoms with Gasteiger partial charge in [0.05, 0.1) is 5.69 Å². The topological polar surface area (TPSA) is 23.2 Å². The average molecular weight is 189 g/mol. The van der Waals surface area contributed by atoms with Gasteiger partial charge in [0.25, 0.3) is 0 Å². The van der Waals surface area contributed by atoms with E-state index in [0.717, 1.165) is 17.8 Å². The van der Waals surface area contributed by atoms with Crippen LogP contribution in [0.1, 0.15) is 25.7 Å². The number of anilines is 1. The number of nitrogens with zero attached hydrogens (tertiary/aromatic N) is 1. The summed E-state index contributed by atoms with van der Waals surface area (Å²) in [5, 5.41) is 9.73. The van der Waals surface area contributed by atoms with Gasteiger partial charge in [-0.1, -0.05) is 25.0 Å². The lowest BCUT2D eigenvalue weighted by molar-refractivity contribution is 0.476. The molecule has 1 saturated heterocycles. The van der Waals surface area contributed by atoms with Gasteiger partial charge in [-0.25, -0.2) is 0 Å². The zero-order valence-electron chi connectivity index (χ0n) is 8.19.